The summed E-state index contributed by atoms with van der Waals surface area (Å²) >= 11 is 0. The van der Waals surface area contributed by atoms with Gasteiger partial charge < -0.3 is 23.8 Å². The van der Waals surface area contributed by atoms with Gasteiger partial charge in [0.05, 0.1) is 32.5 Å². The number of ether oxygens (including phenoxy) is 4. The van der Waals surface area contributed by atoms with Gasteiger partial charge in [0.2, 0.25) is 0 Å². The van der Waals surface area contributed by atoms with E-state index in [9.17, 15) is 8.42 Å². The number of nitrogens with zero attached hydrogens (tertiary/aromatic N) is 2. The fraction of sp³-hybridized carbons (Fsp3) is 0.364. The molecule has 0 unspecified atom stereocenters. The zero-order valence-corrected chi connectivity index (χ0v) is 19.4. The molecule has 0 bridgehead atoms. The highest BCUT2D eigenvalue weighted by Crippen LogP contribution is 2.39. The van der Waals surface area contributed by atoms with Gasteiger partial charge in [-0.2, -0.15) is 0 Å². The second-order valence-electron chi connectivity index (χ2n) is 7.24. The zero-order valence-electron chi connectivity index (χ0n) is 18.6. The van der Waals surface area contributed by atoms with E-state index < -0.39 is 10.0 Å². The molecule has 0 fully saturated rings. The number of methoxy groups -OCH3 is 3. The summed E-state index contributed by atoms with van der Waals surface area (Å²) in [7, 11) is 4.40. The Hall–Kier alpha value is -2.91. The van der Waals surface area contributed by atoms with Crippen molar-refractivity contribution in [3.63, 3.8) is 0 Å². The fourth-order valence-corrected chi connectivity index (χ4v) is 5.07. The number of likely N-dealkylation sites (N-methyl/N-ethyl adjacent to an activating group) is 1. The van der Waals surface area contributed by atoms with Crippen molar-refractivity contribution in [1.29, 1.82) is 0 Å². The van der Waals surface area contributed by atoms with Crippen molar-refractivity contribution >= 4 is 20.9 Å². The lowest BCUT2D eigenvalue weighted by molar-refractivity contribution is 0.262. The summed E-state index contributed by atoms with van der Waals surface area (Å²) in [5.41, 5.74) is 0.968. The van der Waals surface area contributed by atoms with E-state index in [0.29, 0.717) is 47.0 Å². The topological polar surface area (TPSA) is 79.2 Å². The molecule has 1 aromatic heterocycles. The molecule has 0 atom stereocenters. The molecule has 0 saturated heterocycles. The van der Waals surface area contributed by atoms with Crippen LogP contribution >= 0.6 is 0 Å². The van der Waals surface area contributed by atoms with Crippen LogP contribution in [0.1, 0.15) is 5.69 Å². The quantitative estimate of drug-likeness (QED) is 0.498. The van der Waals surface area contributed by atoms with Gasteiger partial charge in [-0.05, 0) is 51.4 Å². The van der Waals surface area contributed by atoms with Crippen molar-refractivity contribution in [2.45, 2.75) is 11.8 Å². The number of rotatable bonds is 9. The number of benzene rings is 2. The van der Waals surface area contributed by atoms with E-state index in [0.717, 1.165) is 0 Å². The van der Waals surface area contributed by atoms with Crippen molar-refractivity contribution in [1.82, 2.24) is 8.87 Å². The highest BCUT2D eigenvalue weighted by atomic mass is 32.2. The molecule has 0 aliphatic rings. The first-order chi connectivity index (χ1) is 14.7. The molecule has 0 spiro atoms. The second kappa shape index (κ2) is 9.07. The maximum atomic E-state index is 13.7. The van der Waals surface area contributed by atoms with E-state index in [-0.39, 0.29) is 10.6 Å². The maximum absolute atomic E-state index is 13.7. The summed E-state index contributed by atoms with van der Waals surface area (Å²) in [5.74, 6) is 1.82. The van der Waals surface area contributed by atoms with Crippen molar-refractivity contribution in [3.05, 3.63) is 42.1 Å². The van der Waals surface area contributed by atoms with Gasteiger partial charge in [0.1, 0.15) is 34.5 Å². The average molecular weight is 449 g/mol. The van der Waals surface area contributed by atoms with Crippen LogP contribution in [0.4, 0.5) is 0 Å². The van der Waals surface area contributed by atoms with E-state index in [1.54, 1.807) is 44.4 Å². The van der Waals surface area contributed by atoms with Crippen LogP contribution in [0.25, 0.3) is 10.9 Å². The van der Waals surface area contributed by atoms with Crippen LogP contribution in [-0.2, 0) is 10.0 Å². The molecule has 8 nitrogen and oxygen atoms in total. The van der Waals surface area contributed by atoms with Crippen LogP contribution in [-0.4, -0.2) is 65.9 Å². The molecule has 0 aliphatic heterocycles. The van der Waals surface area contributed by atoms with Gasteiger partial charge in [-0.3, -0.25) is 0 Å². The Morgan fingerprint density at radius 3 is 2.19 bits per heavy atom. The SMILES string of the molecule is COc1ccc(S(=O)(=O)n2c(C)c(OCCN(C)C)c3cc(OC)ccc32)c(OC)c1. The third-order valence-corrected chi connectivity index (χ3v) is 6.82. The Morgan fingerprint density at radius 1 is 0.935 bits per heavy atom. The van der Waals surface area contributed by atoms with Gasteiger partial charge in [-0.1, -0.05) is 0 Å². The summed E-state index contributed by atoms with van der Waals surface area (Å²) in [6.07, 6.45) is 0. The first-order valence-corrected chi connectivity index (χ1v) is 11.1. The molecule has 168 valence electrons. The molecule has 0 aliphatic carbocycles. The predicted octanol–water partition coefficient (Wildman–Crippen LogP) is 3.15. The van der Waals surface area contributed by atoms with Gasteiger partial charge >= 0.3 is 0 Å². The van der Waals surface area contributed by atoms with Crippen LogP contribution in [0.15, 0.2) is 41.3 Å². The molecule has 0 N–H and O–H groups in total. The summed E-state index contributed by atoms with van der Waals surface area (Å²) in [6, 6.07) is 9.84. The summed E-state index contributed by atoms with van der Waals surface area (Å²) < 4.78 is 50.7. The largest absolute Gasteiger partial charge is 0.497 e. The first kappa shape index (κ1) is 22.8. The lowest BCUT2D eigenvalue weighted by atomic mass is 10.2. The predicted molar refractivity (Wildman–Crippen MR) is 119 cm³/mol. The lowest BCUT2D eigenvalue weighted by Gasteiger charge is -2.14. The van der Waals surface area contributed by atoms with E-state index in [1.165, 1.54) is 24.3 Å². The molecule has 0 amide bonds. The highest BCUT2D eigenvalue weighted by molar-refractivity contribution is 7.90. The van der Waals surface area contributed by atoms with Crippen LogP contribution in [0.2, 0.25) is 0 Å². The Bertz CT molecular complexity index is 1180. The Labute approximate surface area is 182 Å². The van der Waals surface area contributed by atoms with Crippen molar-refractivity contribution < 1.29 is 27.4 Å². The van der Waals surface area contributed by atoms with E-state index in [1.807, 2.05) is 19.0 Å². The molecule has 9 heteroatoms. The minimum atomic E-state index is -4.00. The summed E-state index contributed by atoms with van der Waals surface area (Å²) in [4.78, 5) is 2.03. The van der Waals surface area contributed by atoms with Crippen molar-refractivity contribution in [3.8, 4) is 23.0 Å². The summed E-state index contributed by atoms with van der Waals surface area (Å²) in [6.45, 7) is 2.83. The second-order valence-corrected chi connectivity index (χ2v) is 8.99. The number of aromatic nitrogens is 1. The molecule has 31 heavy (non-hydrogen) atoms. The Kier molecular flexibility index (Phi) is 6.66. The number of fused-ring (bicyclic) bond motifs is 1. The molecule has 0 radical (unpaired) electrons. The molecule has 3 aromatic rings. The standard InChI is InChI=1S/C22H28N2O6S/c1-15-22(30-12-11-23(2)3)18-13-16(27-4)7-9-19(18)24(15)31(25,26)21-10-8-17(28-5)14-20(21)29-6/h7-10,13-14H,11-12H2,1-6H3. The van der Waals surface area contributed by atoms with E-state index >= 15 is 0 Å². The third kappa shape index (κ3) is 4.28. The van der Waals surface area contributed by atoms with Gasteiger partial charge in [-0.25, -0.2) is 12.4 Å². The number of hydrogen-bond donors (Lipinski definition) is 0. The lowest BCUT2D eigenvalue weighted by Crippen LogP contribution is -2.20. The van der Waals surface area contributed by atoms with Crippen molar-refractivity contribution in [2.24, 2.45) is 0 Å². The van der Waals surface area contributed by atoms with Crippen LogP contribution in [0.5, 0.6) is 23.0 Å². The fourth-order valence-electron chi connectivity index (χ4n) is 3.38. The Morgan fingerprint density at radius 2 is 1.58 bits per heavy atom. The average Bonchev–Trinajstić information content (AvgIpc) is 3.04. The van der Waals surface area contributed by atoms with Gasteiger partial charge in [0, 0.05) is 18.0 Å². The monoisotopic (exact) mass is 448 g/mol. The normalized spacial score (nSPS) is 11.7. The zero-order chi connectivity index (χ0) is 22.8. The Balaban J connectivity index is 2.23. The van der Waals surface area contributed by atoms with Gasteiger partial charge in [-0.15, -0.1) is 0 Å². The van der Waals surface area contributed by atoms with Gasteiger partial charge in [0.15, 0.2) is 0 Å². The van der Waals surface area contributed by atoms with Crippen LogP contribution < -0.4 is 18.9 Å². The van der Waals surface area contributed by atoms with Crippen molar-refractivity contribution in [2.75, 3.05) is 48.6 Å². The number of hydrogen-bond acceptors (Lipinski definition) is 7. The molecule has 3 rings (SSSR count). The van der Waals surface area contributed by atoms with E-state index in [2.05, 4.69) is 0 Å². The van der Waals surface area contributed by atoms with E-state index in [4.69, 9.17) is 18.9 Å². The molecule has 2 aromatic carbocycles. The third-order valence-electron chi connectivity index (χ3n) is 4.97. The summed E-state index contributed by atoms with van der Waals surface area (Å²) in [5, 5.41) is 0.659. The minimum Gasteiger partial charge on any atom is -0.497 e. The first-order valence-electron chi connectivity index (χ1n) is 9.68. The van der Waals surface area contributed by atoms with Crippen LogP contribution in [0, 0.1) is 6.92 Å². The minimum absolute atomic E-state index is 0.0338. The van der Waals surface area contributed by atoms with Crippen LogP contribution in [0.3, 0.4) is 0 Å². The van der Waals surface area contributed by atoms with Gasteiger partial charge in [0.25, 0.3) is 10.0 Å². The molecular formula is C22H28N2O6S. The molecule has 1 heterocycles. The molecular weight excluding hydrogens is 420 g/mol. The molecule has 0 saturated carbocycles. The highest BCUT2D eigenvalue weighted by Gasteiger charge is 2.29. The maximum Gasteiger partial charge on any atom is 0.272 e. The smallest absolute Gasteiger partial charge is 0.272 e.